The van der Waals surface area contributed by atoms with Gasteiger partial charge in [0, 0.05) is 18.9 Å². The van der Waals surface area contributed by atoms with Crippen LogP contribution in [0.4, 0.5) is 0 Å². The van der Waals surface area contributed by atoms with E-state index in [0.29, 0.717) is 6.54 Å². The molecule has 0 bridgehead atoms. The summed E-state index contributed by atoms with van der Waals surface area (Å²) in [5, 5.41) is 8.53. The van der Waals surface area contributed by atoms with Gasteiger partial charge in [-0.2, -0.15) is 0 Å². The number of nitrogens with zero attached hydrogens (tertiary/aromatic N) is 2. The van der Waals surface area contributed by atoms with Crippen molar-refractivity contribution in [2.75, 3.05) is 20.1 Å². The third-order valence-corrected chi connectivity index (χ3v) is 2.46. The first-order valence-electron chi connectivity index (χ1n) is 5.47. The molecule has 1 heterocycles. The van der Waals surface area contributed by atoms with Gasteiger partial charge in [0.2, 0.25) is 0 Å². The van der Waals surface area contributed by atoms with Crippen LogP contribution in [0.25, 0.3) is 0 Å². The quantitative estimate of drug-likeness (QED) is 0.758. The van der Waals surface area contributed by atoms with Gasteiger partial charge in [0.05, 0.1) is 6.42 Å². The van der Waals surface area contributed by atoms with E-state index in [9.17, 15) is 4.79 Å². The smallest absolute Gasteiger partial charge is 0.304 e. The summed E-state index contributed by atoms with van der Waals surface area (Å²) in [7, 11) is 1.95. The zero-order valence-electron chi connectivity index (χ0n) is 9.59. The minimum Gasteiger partial charge on any atom is -0.481 e. The number of aliphatic carboxylic acids is 1. The number of aryl methyl sites for hydroxylation is 1. The normalized spacial score (nSPS) is 10.6. The molecule has 4 nitrogen and oxygen atoms in total. The molecule has 0 radical (unpaired) electrons. The zero-order chi connectivity index (χ0) is 11.8. The molecule has 16 heavy (non-hydrogen) atoms. The van der Waals surface area contributed by atoms with Crippen molar-refractivity contribution in [1.29, 1.82) is 0 Å². The molecule has 1 rings (SSSR count). The number of carbonyl (C=O) groups is 1. The summed E-state index contributed by atoms with van der Waals surface area (Å²) in [5.41, 5.74) is 1.28. The molecule has 4 heteroatoms. The molecule has 0 unspecified atom stereocenters. The highest BCUT2D eigenvalue weighted by atomic mass is 16.4. The van der Waals surface area contributed by atoms with Crippen LogP contribution in [0.2, 0.25) is 0 Å². The van der Waals surface area contributed by atoms with E-state index < -0.39 is 5.97 Å². The van der Waals surface area contributed by atoms with Crippen molar-refractivity contribution in [3.8, 4) is 0 Å². The number of rotatable bonds is 7. The molecule has 1 aromatic heterocycles. The molecular formula is C12H18N2O2. The summed E-state index contributed by atoms with van der Waals surface area (Å²) in [6.07, 6.45) is 5.86. The van der Waals surface area contributed by atoms with Gasteiger partial charge in [0.25, 0.3) is 0 Å². The van der Waals surface area contributed by atoms with E-state index >= 15 is 0 Å². The summed E-state index contributed by atoms with van der Waals surface area (Å²) in [4.78, 5) is 16.4. The molecule has 88 valence electrons. The number of aromatic nitrogens is 1. The van der Waals surface area contributed by atoms with Crippen molar-refractivity contribution in [2.45, 2.75) is 19.3 Å². The standard InChI is InChI=1S/C12H18N2O2/c1-14(10-6-12(15)16)9-2-3-11-4-7-13-8-5-11/h4-5,7-8H,2-3,6,9-10H2,1H3,(H,15,16). The van der Waals surface area contributed by atoms with Crippen LogP contribution in [-0.4, -0.2) is 41.1 Å². The highest BCUT2D eigenvalue weighted by molar-refractivity contribution is 5.66. The van der Waals surface area contributed by atoms with E-state index in [2.05, 4.69) is 9.88 Å². The molecule has 0 saturated carbocycles. The second-order valence-corrected chi connectivity index (χ2v) is 3.91. The van der Waals surface area contributed by atoms with Crippen LogP contribution in [0.1, 0.15) is 18.4 Å². The van der Waals surface area contributed by atoms with Crippen molar-refractivity contribution in [2.24, 2.45) is 0 Å². The minimum absolute atomic E-state index is 0.214. The zero-order valence-corrected chi connectivity index (χ0v) is 9.59. The molecule has 1 N–H and O–H groups in total. The van der Waals surface area contributed by atoms with Crippen LogP contribution in [0.15, 0.2) is 24.5 Å². The molecule has 1 aromatic rings. The van der Waals surface area contributed by atoms with Gasteiger partial charge in [-0.25, -0.2) is 0 Å². The first-order chi connectivity index (χ1) is 7.68. The van der Waals surface area contributed by atoms with Crippen LogP contribution < -0.4 is 0 Å². The summed E-state index contributed by atoms with van der Waals surface area (Å²) >= 11 is 0. The molecule has 0 aliphatic heterocycles. The molecule has 0 fully saturated rings. The largest absolute Gasteiger partial charge is 0.481 e. The Kier molecular flexibility index (Phi) is 5.50. The third kappa shape index (κ3) is 5.46. The fraction of sp³-hybridized carbons (Fsp3) is 0.500. The van der Waals surface area contributed by atoms with Crippen LogP contribution in [0.3, 0.4) is 0 Å². The predicted molar refractivity (Wildman–Crippen MR) is 62.3 cm³/mol. The molecule has 0 aliphatic rings. The van der Waals surface area contributed by atoms with Crippen LogP contribution >= 0.6 is 0 Å². The third-order valence-electron chi connectivity index (χ3n) is 2.46. The Labute approximate surface area is 95.9 Å². The second-order valence-electron chi connectivity index (χ2n) is 3.91. The Balaban J connectivity index is 2.13. The van der Waals surface area contributed by atoms with Crippen molar-refractivity contribution < 1.29 is 9.90 Å². The lowest BCUT2D eigenvalue weighted by atomic mass is 10.1. The van der Waals surface area contributed by atoms with E-state index in [4.69, 9.17) is 5.11 Å². The van der Waals surface area contributed by atoms with E-state index in [1.54, 1.807) is 12.4 Å². The lowest BCUT2D eigenvalue weighted by Gasteiger charge is -2.14. The molecule has 0 spiro atoms. The van der Waals surface area contributed by atoms with Crippen molar-refractivity contribution in [3.05, 3.63) is 30.1 Å². The molecule has 0 amide bonds. The van der Waals surface area contributed by atoms with Gasteiger partial charge >= 0.3 is 5.97 Å². The summed E-state index contributed by atoms with van der Waals surface area (Å²) in [6.45, 7) is 1.54. The molecule has 0 aromatic carbocycles. The van der Waals surface area contributed by atoms with E-state index in [-0.39, 0.29) is 6.42 Å². The first kappa shape index (κ1) is 12.6. The minimum atomic E-state index is -0.735. The van der Waals surface area contributed by atoms with Gasteiger partial charge in [-0.15, -0.1) is 0 Å². The number of hydrogen-bond acceptors (Lipinski definition) is 3. The van der Waals surface area contributed by atoms with E-state index in [1.807, 2.05) is 19.2 Å². The van der Waals surface area contributed by atoms with Crippen molar-refractivity contribution in [1.82, 2.24) is 9.88 Å². The lowest BCUT2D eigenvalue weighted by Crippen LogP contribution is -2.23. The predicted octanol–water partition coefficient (Wildman–Crippen LogP) is 1.42. The Morgan fingerprint density at radius 2 is 2.06 bits per heavy atom. The van der Waals surface area contributed by atoms with Crippen molar-refractivity contribution in [3.63, 3.8) is 0 Å². The highest BCUT2D eigenvalue weighted by Crippen LogP contribution is 2.01. The van der Waals surface area contributed by atoms with Crippen LogP contribution in [-0.2, 0) is 11.2 Å². The maximum atomic E-state index is 10.4. The fourth-order valence-corrected chi connectivity index (χ4v) is 1.50. The van der Waals surface area contributed by atoms with Gasteiger partial charge in [0.1, 0.15) is 0 Å². The number of carboxylic acid groups (broad SMARTS) is 1. The van der Waals surface area contributed by atoms with Gasteiger partial charge in [-0.05, 0) is 44.1 Å². The molecule has 0 atom stereocenters. The van der Waals surface area contributed by atoms with Gasteiger partial charge in [0.15, 0.2) is 0 Å². The van der Waals surface area contributed by atoms with Crippen LogP contribution in [0.5, 0.6) is 0 Å². The van der Waals surface area contributed by atoms with E-state index in [0.717, 1.165) is 19.4 Å². The highest BCUT2D eigenvalue weighted by Gasteiger charge is 2.02. The average molecular weight is 222 g/mol. The van der Waals surface area contributed by atoms with Gasteiger partial charge in [-0.3, -0.25) is 9.78 Å². The topological polar surface area (TPSA) is 53.4 Å². The molecular weight excluding hydrogens is 204 g/mol. The van der Waals surface area contributed by atoms with Crippen LogP contribution in [0, 0.1) is 0 Å². The Hall–Kier alpha value is -1.42. The van der Waals surface area contributed by atoms with Gasteiger partial charge < -0.3 is 10.0 Å². The summed E-state index contributed by atoms with van der Waals surface area (Å²) < 4.78 is 0. The Morgan fingerprint density at radius 1 is 1.38 bits per heavy atom. The van der Waals surface area contributed by atoms with Crippen molar-refractivity contribution >= 4 is 5.97 Å². The van der Waals surface area contributed by atoms with E-state index in [1.165, 1.54) is 5.56 Å². The lowest BCUT2D eigenvalue weighted by molar-refractivity contribution is -0.137. The number of carboxylic acids is 1. The monoisotopic (exact) mass is 222 g/mol. The SMILES string of the molecule is CN(CCCc1ccncc1)CCC(=O)O. The maximum absolute atomic E-state index is 10.4. The maximum Gasteiger partial charge on any atom is 0.304 e. The second kappa shape index (κ2) is 6.95. The first-order valence-corrected chi connectivity index (χ1v) is 5.47. The number of hydrogen-bond donors (Lipinski definition) is 1. The van der Waals surface area contributed by atoms with Gasteiger partial charge in [-0.1, -0.05) is 0 Å². The Morgan fingerprint density at radius 3 is 2.69 bits per heavy atom. The average Bonchev–Trinajstić information content (AvgIpc) is 2.28. The summed E-state index contributed by atoms with van der Waals surface area (Å²) in [6, 6.07) is 4.02. The summed E-state index contributed by atoms with van der Waals surface area (Å²) in [5.74, 6) is -0.735. The molecule has 0 saturated heterocycles. The Bertz CT molecular complexity index is 314. The fourth-order valence-electron chi connectivity index (χ4n) is 1.50. The number of pyridine rings is 1. The molecule has 0 aliphatic carbocycles.